The summed E-state index contributed by atoms with van der Waals surface area (Å²) in [5, 5.41) is 8.04. The normalized spacial score (nSPS) is 10.5. The van der Waals surface area contributed by atoms with Crippen molar-refractivity contribution in [2.45, 2.75) is 6.92 Å². The molecule has 20 heavy (non-hydrogen) atoms. The van der Waals surface area contributed by atoms with Crippen molar-refractivity contribution in [1.82, 2.24) is 25.0 Å². The Morgan fingerprint density at radius 2 is 2.10 bits per heavy atom. The zero-order valence-corrected chi connectivity index (χ0v) is 11.3. The molecular formula is C13H10ClN5O. The Kier molecular flexibility index (Phi) is 3.30. The standard InChI is InChI=1S/C13H10ClN5O/c1-9-16-12(14)8-13(17-9)20-11-4-2-3-10(7-11)19-6-5-15-18-19/h2-8H,1H3. The molecule has 0 spiro atoms. The first-order chi connectivity index (χ1) is 9.70. The first-order valence-corrected chi connectivity index (χ1v) is 6.24. The van der Waals surface area contributed by atoms with Gasteiger partial charge in [-0.3, -0.25) is 0 Å². The highest BCUT2D eigenvalue weighted by Crippen LogP contribution is 2.23. The Labute approximate surface area is 120 Å². The van der Waals surface area contributed by atoms with Crippen LogP contribution in [0.15, 0.2) is 42.7 Å². The van der Waals surface area contributed by atoms with Gasteiger partial charge in [0.2, 0.25) is 5.88 Å². The van der Waals surface area contributed by atoms with Crippen molar-refractivity contribution >= 4 is 11.6 Å². The number of hydrogen-bond acceptors (Lipinski definition) is 5. The number of aromatic nitrogens is 5. The van der Waals surface area contributed by atoms with E-state index < -0.39 is 0 Å². The molecule has 2 aromatic heterocycles. The van der Waals surface area contributed by atoms with Crippen LogP contribution in [-0.2, 0) is 0 Å². The minimum Gasteiger partial charge on any atom is -0.439 e. The van der Waals surface area contributed by atoms with Gasteiger partial charge in [-0.1, -0.05) is 22.9 Å². The van der Waals surface area contributed by atoms with Crippen LogP contribution in [0.25, 0.3) is 5.69 Å². The molecular weight excluding hydrogens is 278 g/mol. The van der Waals surface area contributed by atoms with Crippen molar-refractivity contribution in [1.29, 1.82) is 0 Å². The lowest BCUT2D eigenvalue weighted by molar-refractivity contribution is 0.459. The summed E-state index contributed by atoms with van der Waals surface area (Å²) < 4.78 is 7.33. The van der Waals surface area contributed by atoms with Gasteiger partial charge in [0.25, 0.3) is 0 Å². The van der Waals surface area contributed by atoms with E-state index in [1.165, 1.54) is 0 Å². The lowest BCUT2D eigenvalue weighted by atomic mass is 10.3. The Balaban J connectivity index is 1.89. The fraction of sp³-hybridized carbons (Fsp3) is 0.0769. The topological polar surface area (TPSA) is 65.7 Å². The molecule has 0 atom stereocenters. The average Bonchev–Trinajstić information content (AvgIpc) is 2.91. The molecule has 0 aliphatic carbocycles. The minimum atomic E-state index is 0.347. The molecule has 1 aromatic carbocycles. The van der Waals surface area contributed by atoms with E-state index in [1.807, 2.05) is 24.3 Å². The van der Waals surface area contributed by atoms with Crippen molar-refractivity contribution in [3.05, 3.63) is 53.7 Å². The second-order valence-electron chi connectivity index (χ2n) is 4.02. The quantitative estimate of drug-likeness (QED) is 0.693. The predicted octanol–water partition coefficient (Wildman–Crippen LogP) is 2.81. The number of aryl methyl sites for hydroxylation is 1. The van der Waals surface area contributed by atoms with Crippen LogP contribution in [0.5, 0.6) is 11.6 Å². The van der Waals surface area contributed by atoms with Gasteiger partial charge in [0.05, 0.1) is 18.1 Å². The van der Waals surface area contributed by atoms with Crippen LogP contribution in [0.3, 0.4) is 0 Å². The van der Waals surface area contributed by atoms with Gasteiger partial charge in [0.1, 0.15) is 16.7 Å². The monoisotopic (exact) mass is 287 g/mol. The molecule has 6 nitrogen and oxygen atoms in total. The molecule has 100 valence electrons. The predicted molar refractivity (Wildman–Crippen MR) is 73.2 cm³/mol. The van der Waals surface area contributed by atoms with E-state index in [9.17, 15) is 0 Å². The van der Waals surface area contributed by atoms with Crippen molar-refractivity contribution in [3.8, 4) is 17.3 Å². The maximum atomic E-state index is 5.88. The van der Waals surface area contributed by atoms with E-state index in [-0.39, 0.29) is 0 Å². The number of ether oxygens (including phenoxy) is 1. The van der Waals surface area contributed by atoms with E-state index in [4.69, 9.17) is 16.3 Å². The zero-order valence-electron chi connectivity index (χ0n) is 10.6. The summed E-state index contributed by atoms with van der Waals surface area (Å²) >= 11 is 5.88. The molecule has 0 unspecified atom stereocenters. The van der Waals surface area contributed by atoms with Crippen LogP contribution in [0, 0.1) is 6.92 Å². The SMILES string of the molecule is Cc1nc(Cl)cc(Oc2cccc(-n3ccnn3)c2)n1. The molecule has 3 rings (SSSR count). The van der Waals surface area contributed by atoms with E-state index in [0.29, 0.717) is 22.6 Å². The highest BCUT2D eigenvalue weighted by Gasteiger charge is 2.04. The molecule has 0 fully saturated rings. The van der Waals surface area contributed by atoms with Crippen molar-refractivity contribution in [2.75, 3.05) is 0 Å². The number of halogens is 1. The first kappa shape index (κ1) is 12.6. The third kappa shape index (κ3) is 2.75. The molecule has 0 N–H and O–H groups in total. The minimum absolute atomic E-state index is 0.347. The van der Waals surface area contributed by atoms with Gasteiger partial charge >= 0.3 is 0 Å². The number of nitrogens with zero attached hydrogens (tertiary/aromatic N) is 5. The van der Waals surface area contributed by atoms with Gasteiger partial charge in [-0.25, -0.2) is 9.67 Å². The summed E-state index contributed by atoms with van der Waals surface area (Å²) in [5.74, 6) is 1.59. The first-order valence-electron chi connectivity index (χ1n) is 5.86. The van der Waals surface area contributed by atoms with Gasteiger partial charge in [-0.2, -0.15) is 4.98 Å². The summed E-state index contributed by atoms with van der Waals surface area (Å²) in [6.07, 6.45) is 3.37. The average molecular weight is 288 g/mol. The molecule has 0 bridgehead atoms. The van der Waals surface area contributed by atoms with Crippen LogP contribution in [-0.4, -0.2) is 25.0 Å². The van der Waals surface area contributed by atoms with Crippen LogP contribution in [0.4, 0.5) is 0 Å². The number of benzene rings is 1. The Morgan fingerprint density at radius 1 is 1.20 bits per heavy atom. The van der Waals surface area contributed by atoms with Gasteiger partial charge in [0.15, 0.2) is 0 Å². The fourth-order valence-corrected chi connectivity index (χ4v) is 1.93. The summed E-state index contributed by atoms with van der Waals surface area (Å²) in [6, 6.07) is 8.99. The summed E-state index contributed by atoms with van der Waals surface area (Å²) in [7, 11) is 0. The van der Waals surface area contributed by atoms with Crippen LogP contribution >= 0.6 is 11.6 Å². The van der Waals surface area contributed by atoms with E-state index >= 15 is 0 Å². The van der Waals surface area contributed by atoms with Crippen LogP contribution in [0.1, 0.15) is 5.82 Å². The van der Waals surface area contributed by atoms with Crippen LogP contribution < -0.4 is 4.74 Å². The summed E-state index contributed by atoms with van der Waals surface area (Å²) in [5.41, 5.74) is 0.844. The second-order valence-corrected chi connectivity index (χ2v) is 4.41. The van der Waals surface area contributed by atoms with E-state index in [0.717, 1.165) is 5.69 Å². The Morgan fingerprint density at radius 3 is 2.85 bits per heavy atom. The lowest BCUT2D eigenvalue weighted by Gasteiger charge is -2.07. The van der Waals surface area contributed by atoms with Gasteiger partial charge in [-0.05, 0) is 19.1 Å². The van der Waals surface area contributed by atoms with Crippen LogP contribution in [0.2, 0.25) is 5.15 Å². The molecule has 0 saturated carbocycles. The van der Waals surface area contributed by atoms with Gasteiger partial charge < -0.3 is 4.74 Å². The maximum Gasteiger partial charge on any atom is 0.224 e. The summed E-state index contributed by atoms with van der Waals surface area (Å²) in [4.78, 5) is 8.16. The van der Waals surface area contributed by atoms with Gasteiger partial charge in [0, 0.05) is 12.1 Å². The van der Waals surface area contributed by atoms with E-state index in [1.54, 1.807) is 30.1 Å². The number of rotatable bonds is 3. The molecule has 2 heterocycles. The molecule has 3 aromatic rings. The molecule has 0 aliphatic rings. The second kappa shape index (κ2) is 5.26. The van der Waals surface area contributed by atoms with Gasteiger partial charge in [-0.15, -0.1) is 5.10 Å². The Bertz CT molecular complexity index is 709. The molecule has 0 amide bonds. The molecule has 0 radical (unpaired) electrons. The lowest BCUT2D eigenvalue weighted by Crippen LogP contribution is -1.97. The third-order valence-corrected chi connectivity index (χ3v) is 2.70. The fourth-order valence-electron chi connectivity index (χ4n) is 1.71. The summed E-state index contributed by atoms with van der Waals surface area (Å²) in [6.45, 7) is 1.75. The largest absolute Gasteiger partial charge is 0.439 e. The molecule has 0 aliphatic heterocycles. The van der Waals surface area contributed by atoms with Crippen molar-refractivity contribution < 1.29 is 4.74 Å². The van der Waals surface area contributed by atoms with E-state index in [2.05, 4.69) is 20.3 Å². The molecule has 7 heteroatoms. The highest BCUT2D eigenvalue weighted by atomic mass is 35.5. The Hall–Kier alpha value is -2.47. The van der Waals surface area contributed by atoms with Crippen molar-refractivity contribution in [2.24, 2.45) is 0 Å². The third-order valence-electron chi connectivity index (χ3n) is 2.51. The number of hydrogen-bond donors (Lipinski definition) is 0. The molecule has 0 saturated heterocycles. The smallest absolute Gasteiger partial charge is 0.224 e. The van der Waals surface area contributed by atoms with Crippen molar-refractivity contribution in [3.63, 3.8) is 0 Å². The maximum absolute atomic E-state index is 5.88. The zero-order chi connectivity index (χ0) is 13.9. The highest BCUT2D eigenvalue weighted by molar-refractivity contribution is 6.29.